The monoisotopic (exact) mass is 147 g/mol. The maximum Gasteiger partial charge on any atom is 0.308 e. The number of aromatic nitrogens is 3. The molecule has 0 radical (unpaired) electrons. The summed E-state index contributed by atoms with van der Waals surface area (Å²) in [5.41, 5.74) is 0. The summed E-state index contributed by atoms with van der Waals surface area (Å²) < 4.78 is 15.3. The van der Waals surface area contributed by atoms with E-state index in [-0.39, 0.29) is 0 Å². The van der Waals surface area contributed by atoms with Gasteiger partial charge in [-0.25, -0.2) is 4.68 Å². The van der Waals surface area contributed by atoms with Crippen LogP contribution < -0.4 is 0 Å². The summed E-state index contributed by atoms with van der Waals surface area (Å²) in [5, 5.41) is 3.42. The van der Waals surface area contributed by atoms with E-state index in [9.17, 15) is 4.39 Å². The van der Waals surface area contributed by atoms with Crippen molar-refractivity contribution in [3.8, 4) is 0 Å². The molecule has 0 bridgehead atoms. The summed E-state index contributed by atoms with van der Waals surface area (Å²) in [6.45, 7) is 0. The highest BCUT2D eigenvalue weighted by molar-refractivity contribution is 7.71. The van der Waals surface area contributed by atoms with Crippen LogP contribution in [-0.4, -0.2) is 14.3 Å². The number of halogens is 1. The molecule has 3 nitrogen and oxygen atoms in total. The molecule has 1 aromatic heterocycles. The van der Waals surface area contributed by atoms with Crippen molar-refractivity contribution in [2.45, 2.75) is 0 Å². The summed E-state index contributed by atoms with van der Waals surface area (Å²) in [6.07, 6.45) is -0.553. The van der Waals surface area contributed by atoms with E-state index in [1.54, 1.807) is 7.05 Å². The fourth-order valence-corrected chi connectivity index (χ4v) is 0.646. The van der Waals surface area contributed by atoms with Crippen LogP contribution in [0.1, 0.15) is 0 Å². The largest absolute Gasteiger partial charge is 0.308 e. The van der Waals surface area contributed by atoms with Gasteiger partial charge in [0.15, 0.2) is 4.77 Å². The molecule has 0 saturated heterocycles. The van der Waals surface area contributed by atoms with E-state index in [4.69, 9.17) is 12.2 Å². The average molecular weight is 147 g/mol. The molecule has 0 saturated carbocycles. The molecule has 0 N–H and O–H groups in total. The summed E-state index contributed by atoms with van der Waals surface area (Å²) in [4.78, 5) is 0. The van der Waals surface area contributed by atoms with Crippen molar-refractivity contribution in [3.63, 3.8) is 0 Å². The van der Waals surface area contributed by atoms with Gasteiger partial charge in [-0.1, -0.05) is 0 Å². The Kier molecular flexibility index (Phi) is 1.36. The highest BCUT2D eigenvalue weighted by atomic mass is 32.1. The highest BCUT2D eigenvalue weighted by Crippen LogP contribution is 1.92. The summed E-state index contributed by atoms with van der Waals surface area (Å²) in [5.74, 6) is 0. The Morgan fingerprint density at radius 1 is 1.56 bits per heavy atom. The van der Waals surface area contributed by atoms with Crippen LogP contribution in [0.25, 0.3) is 0 Å². The van der Waals surface area contributed by atoms with Crippen molar-refractivity contribution < 1.29 is 4.39 Å². The second-order valence-corrected chi connectivity index (χ2v) is 2.10. The van der Waals surface area contributed by atoms with Gasteiger partial charge in [-0.05, 0) is 12.2 Å². The van der Waals surface area contributed by atoms with Crippen LogP contribution in [-0.2, 0) is 14.1 Å². The predicted molar refractivity (Wildman–Crippen MR) is 33.0 cm³/mol. The van der Waals surface area contributed by atoms with Crippen LogP contribution in [0.15, 0.2) is 0 Å². The van der Waals surface area contributed by atoms with Crippen LogP contribution in [0.4, 0.5) is 4.39 Å². The molecule has 1 rings (SSSR count). The molecular formula is C4H6FN3S. The first-order chi connectivity index (χ1) is 4.13. The Morgan fingerprint density at radius 2 is 2.11 bits per heavy atom. The molecule has 1 aromatic rings. The Hall–Kier alpha value is -0.710. The van der Waals surface area contributed by atoms with Crippen molar-refractivity contribution in [1.82, 2.24) is 14.3 Å². The minimum atomic E-state index is -0.553. The first-order valence-electron chi connectivity index (χ1n) is 2.38. The first kappa shape index (κ1) is 6.41. The zero-order valence-electron chi connectivity index (χ0n) is 5.13. The van der Waals surface area contributed by atoms with E-state index < -0.39 is 6.08 Å². The Bertz CT molecular complexity index is 274. The van der Waals surface area contributed by atoms with Gasteiger partial charge in [0.05, 0.1) is 0 Å². The summed E-state index contributed by atoms with van der Waals surface area (Å²) in [7, 11) is 3.14. The van der Waals surface area contributed by atoms with Crippen LogP contribution >= 0.6 is 12.2 Å². The normalized spacial score (nSPS) is 10.1. The lowest BCUT2D eigenvalue weighted by atomic mass is 11.0. The van der Waals surface area contributed by atoms with Gasteiger partial charge in [0.2, 0.25) is 0 Å². The van der Waals surface area contributed by atoms with Gasteiger partial charge < -0.3 is 0 Å². The molecule has 0 atom stereocenters. The van der Waals surface area contributed by atoms with E-state index in [0.717, 1.165) is 0 Å². The third-order valence-electron chi connectivity index (χ3n) is 1.07. The molecule has 5 heteroatoms. The molecule has 9 heavy (non-hydrogen) atoms. The van der Waals surface area contributed by atoms with Gasteiger partial charge in [-0.3, -0.25) is 4.57 Å². The first-order valence-corrected chi connectivity index (χ1v) is 2.79. The fraction of sp³-hybridized carbons (Fsp3) is 0.500. The molecule has 0 aliphatic rings. The number of nitrogens with zero attached hydrogens (tertiary/aromatic N) is 3. The van der Waals surface area contributed by atoms with Gasteiger partial charge in [0.25, 0.3) is 0 Å². The predicted octanol–water partition coefficient (Wildman–Crippen LogP) is 0.627. The SMILES string of the molecule is Cn1nc(F)n(C)c1=S. The second kappa shape index (κ2) is 1.91. The zero-order valence-corrected chi connectivity index (χ0v) is 5.94. The summed E-state index contributed by atoms with van der Waals surface area (Å²) >= 11 is 4.74. The topological polar surface area (TPSA) is 22.8 Å². The quantitative estimate of drug-likeness (QED) is 0.502. The standard InChI is InChI=1S/C4H6FN3S/c1-7-3(5)6-8(2)4(7)9/h1-2H3. The number of aryl methyl sites for hydroxylation is 1. The van der Waals surface area contributed by atoms with E-state index in [1.165, 1.54) is 16.3 Å². The smallest absolute Gasteiger partial charge is 0.279 e. The third-order valence-corrected chi connectivity index (χ3v) is 1.61. The molecule has 0 aromatic carbocycles. The molecule has 1 heterocycles. The van der Waals surface area contributed by atoms with Crippen molar-refractivity contribution in [2.24, 2.45) is 14.1 Å². The van der Waals surface area contributed by atoms with Crippen LogP contribution in [0.5, 0.6) is 0 Å². The Morgan fingerprint density at radius 3 is 2.22 bits per heavy atom. The van der Waals surface area contributed by atoms with E-state index in [0.29, 0.717) is 4.77 Å². The second-order valence-electron chi connectivity index (χ2n) is 1.73. The highest BCUT2D eigenvalue weighted by Gasteiger charge is 2.00. The molecule has 0 fully saturated rings. The zero-order chi connectivity index (χ0) is 7.02. The van der Waals surface area contributed by atoms with Crippen LogP contribution in [0, 0.1) is 10.8 Å². The van der Waals surface area contributed by atoms with E-state index in [1.807, 2.05) is 0 Å². The lowest BCUT2D eigenvalue weighted by molar-refractivity contribution is 0.489. The van der Waals surface area contributed by atoms with Crippen LogP contribution in [0.3, 0.4) is 0 Å². The maximum atomic E-state index is 12.4. The van der Waals surface area contributed by atoms with E-state index >= 15 is 0 Å². The molecule has 0 aliphatic carbocycles. The van der Waals surface area contributed by atoms with Gasteiger partial charge in [0, 0.05) is 14.1 Å². The van der Waals surface area contributed by atoms with Gasteiger partial charge in [0.1, 0.15) is 0 Å². The van der Waals surface area contributed by atoms with Gasteiger partial charge in [-0.15, -0.1) is 5.10 Å². The maximum absolute atomic E-state index is 12.4. The fourth-order valence-electron chi connectivity index (χ4n) is 0.530. The Balaban J connectivity index is 3.48. The van der Waals surface area contributed by atoms with Crippen molar-refractivity contribution in [1.29, 1.82) is 0 Å². The van der Waals surface area contributed by atoms with Crippen molar-refractivity contribution in [2.75, 3.05) is 0 Å². The minimum Gasteiger partial charge on any atom is -0.279 e. The van der Waals surface area contributed by atoms with Crippen LogP contribution in [0.2, 0.25) is 0 Å². The molecule has 0 unspecified atom stereocenters. The number of rotatable bonds is 0. The molecule has 50 valence electrons. The van der Waals surface area contributed by atoms with E-state index in [2.05, 4.69) is 5.10 Å². The molecule has 0 spiro atoms. The molecule has 0 aliphatic heterocycles. The summed E-state index contributed by atoms with van der Waals surface area (Å²) in [6, 6.07) is 0. The molecular weight excluding hydrogens is 141 g/mol. The van der Waals surface area contributed by atoms with Gasteiger partial charge >= 0.3 is 6.08 Å². The lowest BCUT2D eigenvalue weighted by Crippen LogP contribution is -1.91. The number of hydrogen-bond donors (Lipinski definition) is 0. The van der Waals surface area contributed by atoms with Crippen molar-refractivity contribution in [3.05, 3.63) is 10.8 Å². The minimum absolute atomic E-state index is 0.382. The molecule has 0 amide bonds. The lowest BCUT2D eigenvalue weighted by Gasteiger charge is -1.84. The van der Waals surface area contributed by atoms with Gasteiger partial charge in [-0.2, -0.15) is 4.39 Å². The Labute approximate surface area is 56.7 Å². The third kappa shape index (κ3) is 0.873. The van der Waals surface area contributed by atoms with Crippen molar-refractivity contribution >= 4 is 12.2 Å². The average Bonchev–Trinajstić information content (AvgIpc) is 1.98. The number of hydrogen-bond acceptors (Lipinski definition) is 2.